The third kappa shape index (κ3) is 3.69. The van der Waals surface area contributed by atoms with Crippen molar-refractivity contribution in [3.8, 4) is 0 Å². The number of carboxylic acids is 1. The Hall–Kier alpha value is -2.07. The van der Waals surface area contributed by atoms with Crippen LogP contribution in [0.3, 0.4) is 0 Å². The number of benzene rings is 1. The van der Waals surface area contributed by atoms with Gasteiger partial charge in [-0.3, -0.25) is 4.90 Å². The molecular weight excluding hydrogens is 242 g/mol. The van der Waals surface area contributed by atoms with Crippen LogP contribution in [0.5, 0.6) is 0 Å². The summed E-state index contributed by atoms with van der Waals surface area (Å²) >= 11 is 0. The van der Waals surface area contributed by atoms with Gasteiger partial charge in [0, 0.05) is 6.54 Å². The highest BCUT2D eigenvalue weighted by Gasteiger charge is 2.08. The second kappa shape index (κ2) is 6.20. The second-order valence-electron chi connectivity index (χ2n) is 4.39. The first-order chi connectivity index (χ1) is 9.19. The van der Waals surface area contributed by atoms with Crippen molar-refractivity contribution in [1.29, 1.82) is 0 Å². The zero-order chi connectivity index (χ0) is 13.7. The molecule has 2 rings (SSSR count). The Kier molecular flexibility index (Phi) is 4.36. The molecule has 0 saturated heterocycles. The van der Waals surface area contributed by atoms with Gasteiger partial charge in [0.2, 0.25) is 0 Å². The quantitative estimate of drug-likeness (QED) is 0.866. The van der Waals surface area contributed by atoms with E-state index in [1.807, 2.05) is 18.2 Å². The van der Waals surface area contributed by atoms with Gasteiger partial charge in [-0.1, -0.05) is 19.1 Å². The highest BCUT2D eigenvalue weighted by atomic mass is 16.4. The summed E-state index contributed by atoms with van der Waals surface area (Å²) in [5, 5.41) is 8.98. The summed E-state index contributed by atoms with van der Waals surface area (Å²) in [6.07, 6.45) is 1.66. The molecule has 19 heavy (non-hydrogen) atoms. The highest BCUT2D eigenvalue weighted by molar-refractivity contribution is 5.87. The lowest BCUT2D eigenvalue weighted by Gasteiger charge is -2.19. The van der Waals surface area contributed by atoms with Crippen LogP contribution in [0, 0.1) is 0 Å². The molecule has 0 aliphatic heterocycles. The molecule has 0 atom stereocenters. The van der Waals surface area contributed by atoms with Crippen LogP contribution >= 0.6 is 0 Å². The van der Waals surface area contributed by atoms with Crippen LogP contribution in [-0.4, -0.2) is 22.5 Å². The molecule has 0 spiro atoms. The van der Waals surface area contributed by atoms with Crippen molar-refractivity contribution in [2.75, 3.05) is 6.54 Å². The van der Waals surface area contributed by atoms with Crippen LogP contribution in [0.15, 0.2) is 47.1 Å². The fraction of sp³-hybridized carbons (Fsp3) is 0.267. The first kappa shape index (κ1) is 13.4. The summed E-state index contributed by atoms with van der Waals surface area (Å²) < 4.78 is 5.33. The van der Waals surface area contributed by atoms with E-state index in [-0.39, 0.29) is 0 Å². The van der Waals surface area contributed by atoms with Gasteiger partial charge in [-0.25, -0.2) is 4.79 Å². The minimum atomic E-state index is -0.893. The molecule has 2 aromatic rings. The van der Waals surface area contributed by atoms with E-state index < -0.39 is 5.97 Å². The molecular formula is C15H17NO3. The van der Waals surface area contributed by atoms with Crippen molar-refractivity contribution >= 4 is 5.97 Å². The van der Waals surface area contributed by atoms with Gasteiger partial charge in [0.1, 0.15) is 5.76 Å². The smallest absolute Gasteiger partial charge is 0.335 e. The van der Waals surface area contributed by atoms with E-state index in [1.54, 1.807) is 24.5 Å². The van der Waals surface area contributed by atoms with Crippen LogP contribution < -0.4 is 0 Å². The van der Waals surface area contributed by atoms with Crippen LogP contribution in [0.2, 0.25) is 0 Å². The van der Waals surface area contributed by atoms with Gasteiger partial charge in [-0.2, -0.15) is 0 Å². The molecule has 0 bridgehead atoms. The van der Waals surface area contributed by atoms with Gasteiger partial charge in [-0.05, 0) is 36.4 Å². The van der Waals surface area contributed by atoms with Crippen molar-refractivity contribution in [2.24, 2.45) is 0 Å². The number of carbonyl (C=O) groups is 1. The van der Waals surface area contributed by atoms with Gasteiger partial charge in [-0.15, -0.1) is 0 Å². The zero-order valence-electron chi connectivity index (χ0n) is 10.9. The third-order valence-electron chi connectivity index (χ3n) is 2.99. The van der Waals surface area contributed by atoms with Crippen molar-refractivity contribution in [2.45, 2.75) is 20.0 Å². The third-order valence-corrected chi connectivity index (χ3v) is 2.99. The Balaban J connectivity index is 2.05. The number of hydrogen-bond acceptors (Lipinski definition) is 3. The molecule has 1 aromatic heterocycles. The molecule has 1 heterocycles. The summed E-state index contributed by atoms with van der Waals surface area (Å²) in [4.78, 5) is 13.1. The van der Waals surface area contributed by atoms with E-state index in [2.05, 4.69) is 11.8 Å². The fourth-order valence-electron chi connectivity index (χ4n) is 1.96. The minimum Gasteiger partial charge on any atom is -0.478 e. The van der Waals surface area contributed by atoms with Crippen molar-refractivity contribution < 1.29 is 14.3 Å². The Bertz CT molecular complexity index is 534. The summed E-state index contributed by atoms with van der Waals surface area (Å²) in [6.45, 7) is 4.38. The van der Waals surface area contributed by atoms with E-state index in [4.69, 9.17) is 9.52 Å². The number of aromatic carboxylic acids is 1. The van der Waals surface area contributed by atoms with E-state index in [0.717, 1.165) is 24.4 Å². The average molecular weight is 259 g/mol. The molecule has 0 aliphatic rings. The number of hydrogen-bond donors (Lipinski definition) is 1. The normalized spacial score (nSPS) is 10.8. The molecule has 0 radical (unpaired) electrons. The molecule has 1 aromatic carbocycles. The predicted molar refractivity (Wildman–Crippen MR) is 71.9 cm³/mol. The van der Waals surface area contributed by atoms with E-state index in [1.165, 1.54) is 0 Å². The van der Waals surface area contributed by atoms with Gasteiger partial charge in [0.15, 0.2) is 0 Å². The number of rotatable bonds is 6. The van der Waals surface area contributed by atoms with Crippen LogP contribution in [0.4, 0.5) is 0 Å². The van der Waals surface area contributed by atoms with Crippen molar-refractivity contribution in [3.05, 3.63) is 59.5 Å². The second-order valence-corrected chi connectivity index (χ2v) is 4.39. The Morgan fingerprint density at radius 3 is 2.74 bits per heavy atom. The molecule has 1 N–H and O–H groups in total. The Morgan fingerprint density at radius 2 is 2.11 bits per heavy atom. The first-order valence-corrected chi connectivity index (χ1v) is 6.26. The van der Waals surface area contributed by atoms with E-state index in [9.17, 15) is 4.79 Å². The number of furan rings is 1. The van der Waals surface area contributed by atoms with E-state index >= 15 is 0 Å². The standard InChI is InChI=1S/C15H17NO3/c1-2-16(11-14-7-4-8-19-14)10-12-5-3-6-13(9-12)15(17)18/h3-9H,2,10-11H2,1H3,(H,17,18). The van der Waals surface area contributed by atoms with Crippen molar-refractivity contribution in [1.82, 2.24) is 4.90 Å². The van der Waals surface area contributed by atoms with Gasteiger partial charge in [0.05, 0.1) is 18.4 Å². The minimum absolute atomic E-state index is 0.326. The monoisotopic (exact) mass is 259 g/mol. The maximum atomic E-state index is 10.9. The lowest BCUT2D eigenvalue weighted by atomic mass is 10.1. The van der Waals surface area contributed by atoms with Gasteiger partial charge < -0.3 is 9.52 Å². The predicted octanol–water partition coefficient (Wildman–Crippen LogP) is 3.00. The lowest BCUT2D eigenvalue weighted by molar-refractivity contribution is 0.0696. The molecule has 100 valence electrons. The van der Waals surface area contributed by atoms with Gasteiger partial charge in [0.25, 0.3) is 0 Å². The number of nitrogens with zero attached hydrogens (tertiary/aromatic N) is 1. The largest absolute Gasteiger partial charge is 0.478 e. The SMILES string of the molecule is CCN(Cc1cccc(C(=O)O)c1)Cc1ccco1. The molecule has 4 nitrogen and oxygen atoms in total. The topological polar surface area (TPSA) is 53.7 Å². The molecule has 0 saturated carbocycles. The average Bonchev–Trinajstić information content (AvgIpc) is 2.91. The summed E-state index contributed by atoms with van der Waals surface area (Å²) in [5.41, 5.74) is 1.32. The summed E-state index contributed by atoms with van der Waals surface area (Å²) in [5.74, 6) is 0.0205. The maximum absolute atomic E-state index is 10.9. The van der Waals surface area contributed by atoms with Crippen LogP contribution in [0.25, 0.3) is 0 Å². The molecule has 4 heteroatoms. The lowest BCUT2D eigenvalue weighted by Crippen LogP contribution is -2.22. The molecule has 0 amide bonds. The molecule has 0 aliphatic carbocycles. The highest BCUT2D eigenvalue weighted by Crippen LogP contribution is 2.12. The Labute approximate surface area is 112 Å². The zero-order valence-corrected chi connectivity index (χ0v) is 10.9. The first-order valence-electron chi connectivity index (χ1n) is 6.26. The fourth-order valence-corrected chi connectivity index (χ4v) is 1.96. The summed E-state index contributed by atoms with van der Waals surface area (Å²) in [6, 6.07) is 10.9. The Morgan fingerprint density at radius 1 is 1.26 bits per heavy atom. The summed E-state index contributed by atoms with van der Waals surface area (Å²) in [7, 11) is 0. The molecule has 0 fully saturated rings. The van der Waals surface area contributed by atoms with Gasteiger partial charge >= 0.3 is 5.97 Å². The van der Waals surface area contributed by atoms with E-state index in [0.29, 0.717) is 12.1 Å². The van der Waals surface area contributed by atoms with Crippen LogP contribution in [0.1, 0.15) is 28.6 Å². The van der Waals surface area contributed by atoms with Crippen LogP contribution in [-0.2, 0) is 13.1 Å². The molecule has 0 unspecified atom stereocenters. The van der Waals surface area contributed by atoms with Crippen molar-refractivity contribution in [3.63, 3.8) is 0 Å². The maximum Gasteiger partial charge on any atom is 0.335 e. The number of carboxylic acid groups (broad SMARTS) is 1.